The quantitative estimate of drug-likeness (QED) is 0.243. The van der Waals surface area contributed by atoms with E-state index in [1.165, 1.54) is 18.2 Å². The van der Waals surface area contributed by atoms with Gasteiger partial charge >= 0.3 is 0 Å². The van der Waals surface area contributed by atoms with Crippen molar-refractivity contribution < 1.29 is 9.18 Å². The summed E-state index contributed by atoms with van der Waals surface area (Å²) in [7, 11) is 0. The van der Waals surface area contributed by atoms with Gasteiger partial charge in [0.25, 0.3) is 0 Å². The van der Waals surface area contributed by atoms with Gasteiger partial charge in [0.2, 0.25) is 5.91 Å². The molecule has 0 saturated heterocycles. The minimum Gasteiger partial charge on any atom is -0.386 e. The van der Waals surface area contributed by atoms with Crippen molar-refractivity contribution in [2.24, 2.45) is 16.7 Å². The Hall–Kier alpha value is -3.26. The van der Waals surface area contributed by atoms with Crippen LogP contribution in [0.3, 0.4) is 0 Å². The Kier molecular flexibility index (Phi) is 5.80. The van der Waals surface area contributed by atoms with E-state index >= 15 is 0 Å². The minimum atomic E-state index is -0.337. The van der Waals surface area contributed by atoms with E-state index < -0.39 is 0 Å². The maximum absolute atomic E-state index is 13.1. The number of anilines is 1. The van der Waals surface area contributed by atoms with E-state index in [0.29, 0.717) is 22.5 Å². The monoisotopic (exact) mass is 342 g/mol. The van der Waals surface area contributed by atoms with Crippen molar-refractivity contribution in [1.82, 2.24) is 10.3 Å². The molecule has 0 atom stereocenters. The molecular weight excluding hydrogens is 323 g/mol. The molecule has 0 unspecified atom stereocenters. The largest absolute Gasteiger partial charge is 0.386 e. The molecule has 130 valence electrons. The zero-order valence-corrected chi connectivity index (χ0v) is 13.7. The maximum Gasteiger partial charge on any atom is 0.243 e. The molecule has 0 aliphatic rings. The number of hydrogen-bond acceptors (Lipinski definition) is 5. The number of nitrogens with two attached hydrogens (primary N) is 2. The Morgan fingerprint density at radius 1 is 1.44 bits per heavy atom. The first-order valence-corrected chi connectivity index (χ1v) is 7.41. The first kappa shape index (κ1) is 18.1. The molecule has 2 aromatic rings. The van der Waals surface area contributed by atoms with E-state index in [2.05, 4.69) is 22.0 Å². The molecule has 0 saturated carbocycles. The first-order chi connectivity index (χ1) is 11.9. The van der Waals surface area contributed by atoms with E-state index in [9.17, 15) is 9.18 Å². The molecule has 25 heavy (non-hydrogen) atoms. The van der Waals surface area contributed by atoms with Crippen LogP contribution in [-0.2, 0) is 11.3 Å². The van der Waals surface area contributed by atoms with Crippen LogP contribution >= 0.6 is 0 Å². The van der Waals surface area contributed by atoms with Gasteiger partial charge in [0, 0.05) is 23.9 Å². The second-order valence-electron chi connectivity index (χ2n) is 5.21. The van der Waals surface area contributed by atoms with Gasteiger partial charge in [0.05, 0.1) is 11.4 Å². The van der Waals surface area contributed by atoms with Crippen LogP contribution in [0.1, 0.15) is 12.5 Å². The van der Waals surface area contributed by atoms with Gasteiger partial charge in [-0.15, -0.1) is 5.10 Å². The van der Waals surface area contributed by atoms with Crippen LogP contribution in [0.2, 0.25) is 0 Å². The lowest BCUT2D eigenvalue weighted by Gasteiger charge is -2.18. The summed E-state index contributed by atoms with van der Waals surface area (Å²) in [5.41, 5.74) is 8.01. The van der Waals surface area contributed by atoms with Gasteiger partial charge in [-0.05, 0) is 43.3 Å². The number of hydrazone groups is 1. The van der Waals surface area contributed by atoms with E-state index in [0.717, 1.165) is 5.12 Å². The summed E-state index contributed by atoms with van der Waals surface area (Å²) in [6, 6.07) is 7.60. The minimum absolute atomic E-state index is 0.184. The van der Waals surface area contributed by atoms with Gasteiger partial charge in [0.15, 0.2) is 0 Å². The fourth-order valence-electron chi connectivity index (χ4n) is 2.08. The summed E-state index contributed by atoms with van der Waals surface area (Å²) >= 11 is 0. The zero-order chi connectivity index (χ0) is 18.4. The van der Waals surface area contributed by atoms with Gasteiger partial charge in [-0.1, -0.05) is 6.58 Å². The summed E-state index contributed by atoms with van der Waals surface area (Å²) < 4.78 is 13.1. The van der Waals surface area contributed by atoms with Crippen LogP contribution in [0.25, 0.3) is 11.3 Å². The molecule has 1 amide bonds. The molecule has 0 bridgehead atoms. The predicted octanol–water partition coefficient (Wildman–Crippen LogP) is 1.66. The molecule has 1 aromatic carbocycles. The summed E-state index contributed by atoms with van der Waals surface area (Å²) in [4.78, 5) is 15.7. The summed E-state index contributed by atoms with van der Waals surface area (Å²) in [5, 5.41) is 7.76. The van der Waals surface area contributed by atoms with Gasteiger partial charge in [-0.3, -0.25) is 9.78 Å². The normalized spacial score (nSPS) is 11.1. The standard InChI is InChI=1S/C17H19FN6O/c1-3-17(25)22-10-13-9-21-15(12-4-6-14(18)7-5-12)8-16(13)24(20)23-11(2)19/h3-9H,1,10,20H2,2H3,(H2,19,23)(H,22,25). The highest BCUT2D eigenvalue weighted by molar-refractivity contribution is 5.87. The molecule has 0 spiro atoms. The number of amides is 1. The highest BCUT2D eigenvalue weighted by Crippen LogP contribution is 2.25. The fraction of sp³-hybridized carbons (Fsp3) is 0.118. The van der Waals surface area contributed by atoms with Gasteiger partial charge < -0.3 is 11.1 Å². The van der Waals surface area contributed by atoms with Crippen molar-refractivity contribution >= 4 is 17.4 Å². The molecular formula is C17H19FN6O. The highest BCUT2D eigenvalue weighted by atomic mass is 19.1. The third kappa shape index (κ3) is 4.85. The first-order valence-electron chi connectivity index (χ1n) is 7.41. The molecule has 0 aliphatic carbocycles. The second-order valence-corrected chi connectivity index (χ2v) is 5.21. The molecule has 1 heterocycles. The molecule has 0 aliphatic heterocycles. The van der Waals surface area contributed by atoms with E-state index in [1.54, 1.807) is 31.3 Å². The number of nitrogens with one attached hydrogen (secondary N) is 1. The number of benzene rings is 1. The molecule has 0 fully saturated rings. The average Bonchev–Trinajstić information content (AvgIpc) is 2.59. The lowest BCUT2D eigenvalue weighted by Crippen LogP contribution is -2.30. The van der Waals surface area contributed by atoms with E-state index in [-0.39, 0.29) is 24.1 Å². The van der Waals surface area contributed by atoms with Gasteiger partial charge in [0.1, 0.15) is 11.7 Å². The maximum atomic E-state index is 13.1. The Balaban J connectivity index is 2.42. The average molecular weight is 342 g/mol. The number of carbonyl (C=O) groups excluding carboxylic acids is 1. The molecule has 7 nitrogen and oxygen atoms in total. The molecule has 2 rings (SSSR count). The number of nitrogens with zero attached hydrogens (tertiary/aromatic N) is 3. The lowest BCUT2D eigenvalue weighted by atomic mass is 10.1. The Morgan fingerprint density at radius 3 is 2.72 bits per heavy atom. The Bertz CT molecular complexity index is 799. The third-order valence-corrected chi connectivity index (χ3v) is 3.25. The fourth-order valence-corrected chi connectivity index (χ4v) is 2.08. The van der Waals surface area contributed by atoms with Crippen LogP contribution < -0.4 is 22.0 Å². The summed E-state index contributed by atoms with van der Waals surface area (Å²) in [5.74, 6) is 5.56. The highest BCUT2D eigenvalue weighted by Gasteiger charge is 2.12. The lowest BCUT2D eigenvalue weighted by molar-refractivity contribution is -0.116. The number of carbonyl (C=O) groups is 1. The van der Waals surface area contributed by atoms with Crippen LogP contribution in [0, 0.1) is 5.82 Å². The van der Waals surface area contributed by atoms with Crippen LogP contribution in [0.4, 0.5) is 10.1 Å². The zero-order valence-electron chi connectivity index (χ0n) is 13.7. The van der Waals surface area contributed by atoms with Crippen molar-refractivity contribution in [1.29, 1.82) is 0 Å². The predicted molar refractivity (Wildman–Crippen MR) is 95.6 cm³/mol. The van der Waals surface area contributed by atoms with Gasteiger partial charge in [-0.2, -0.15) is 5.12 Å². The van der Waals surface area contributed by atoms with Crippen LogP contribution in [0.5, 0.6) is 0 Å². The number of aromatic nitrogens is 1. The summed E-state index contributed by atoms with van der Waals surface area (Å²) in [6.45, 7) is 5.18. The van der Waals surface area contributed by atoms with Crippen LogP contribution in [-0.4, -0.2) is 16.7 Å². The van der Waals surface area contributed by atoms with Crippen molar-refractivity contribution in [2.45, 2.75) is 13.5 Å². The van der Waals surface area contributed by atoms with Crippen molar-refractivity contribution in [3.63, 3.8) is 0 Å². The molecule has 8 heteroatoms. The van der Waals surface area contributed by atoms with Crippen molar-refractivity contribution in [2.75, 3.05) is 5.12 Å². The second kappa shape index (κ2) is 8.02. The number of hydrogen-bond donors (Lipinski definition) is 3. The number of halogens is 1. The molecule has 5 N–H and O–H groups in total. The summed E-state index contributed by atoms with van der Waals surface area (Å²) in [6.07, 6.45) is 2.74. The Morgan fingerprint density at radius 2 is 2.12 bits per heavy atom. The van der Waals surface area contributed by atoms with Crippen LogP contribution in [0.15, 0.2) is 54.3 Å². The Labute approximate surface area is 144 Å². The number of pyridine rings is 1. The molecule has 0 radical (unpaired) electrons. The third-order valence-electron chi connectivity index (χ3n) is 3.25. The molecule has 1 aromatic heterocycles. The smallest absolute Gasteiger partial charge is 0.243 e. The van der Waals surface area contributed by atoms with Crippen molar-refractivity contribution in [3.8, 4) is 11.3 Å². The van der Waals surface area contributed by atoms with Gasteiger partial charge in [-0.25, -0.2) is 10.2 Å². The topological polar surface area (TPSA) is 110 Å². The number of hydrazine groups is 1. The van der Waals surface area contributed by atoms with E-state index in [1.807, 2.05) is 0 Å². The SMILES string of the molecule is C=CC(=O)NCc1cnc(-c2ccc(F)cc2)cc1N(N)/N=C(/C)N. The van der Waals surface area contributed by atoms with E-state index in [4.69, 9.17) is 11.6 Å². The van der Waals surface area contributed by atoms with Crippen molar-refractivity contribution in [3.05, 3.63) is 60.6 Å². The number of rotatable bonds is 6. The number of amidine groups is 1.